The van der Waals surface area contributed by atoms with Gasteiger partial charge in [-0.05, 0) is 49.8 Å². The summed E-state index contributed by atoms with van der Waals surface area (Å²) in [5, 5.41) is 0. The molecule has 0 aliphatic rings. The van der Waals surface area contributed by atoms with Crippen molar-refractivity contribution >= 4 is 0 Å². The smallest absolute Gasteiger partial charge is 0.0946 e. The lowest BCUT2D eigenvalue weighted by Gasteiger charge is -2.08. The molecule has 2 heteroatoms. The molecule has 0 aliphatic carbocycles. The molecule has 0 spiro atoms. The van der Waals surface area contributed by atoms with E-state index in [1.54, 1.807) is 0 Å². The van der Waals surface area contributed by atoms with E-state index >= 15 is 0 Å². The van der Waals surface area contributed by atoms with Crippen molar-refractivity contribution in [3.05, 3.63) is 53.1 Å². The summed E-state index contributed by atoms with van der Waals surface area (Å²) in [4.78, 5) is 4.35. The molecule has 0 atom stereocenters. The van der Waals surface area contributed by atoms with Crippen molar-refractivity contribution in [3.63, 3.8) is 0 Å². The summed E-state index contributed by atoms with van der Waals surface area (Å²) >= 11 is 0. The number of benzene rings is 1. The van der Waals surface area contributed by atoms with Crippen LogP contribution in [0, 0.1) is 13.8 Å². The topological polar surface area (TPSA) is 17.8 Å². The van der Waals surface area contributed by atoms with Gasteiger partial charge in [0.05, 0.1) is 12.0 Å². The van der Waals surface area contributed by atoms with Crippen molar-refractivity contribution in [1.82, 2.24) is 9.55 Å². The summed E-state index contributed by atoms with van der Waals surface area (Å²) in [7, 11) is 2.02. The van der Waals surface area contributed by atoms with Gasteiger partial charge >= 0.3 is 0 Å². The highest BCUT2D eigenvalue weighted by atomic mass is 15.0. The van der Waals surface area contributed by atoms with Gasteiger partial charge < -0.3 is 4.57 Å². The summed E-state index contributed by atoms with van der Waals surface area (Å²) in [5.41, 5.74) is 5.51. The minimum absolute atomic E-state index is 1.06. The second-order valence-electron chi connectivity index (χ2n) is 4.75. The largest absolute Gasteiger partial charge is 0.340 e. The third-order valence-corrected chi connectivity index (χ3v) is 3.26. The Kier molecular flexibility index (Phi) is 3.62. The van der Waals surface area contributed by atoms with Gasteiger partial charge in [0.15, 0.2) is 0 Å². The highest BCUT2D eigenvalue weighted by Crippen LogP contribution is 2.16. The van der Waals surface area contributed by atoms with Crippen LogP contribution in [-0.2, 0) is 19.9 Å². The zero-order valence-electron chi connectivity index (χ0n) is 10.9. The Morgan fingerprint density at radius 1 is 1.12 bits per heavy atom. The van der Waals surface area contributed by atoms with Crippen LogP contribution >= 0.6 is 0 Å². The molecule has 0 saturated carbocycles. The first kappa shape index (κ1) is 11.9. The normalized spacial score (nSPS) is 10.8. The Morgan fingerprint density at radius 2 is 1.82 bits per heavy atom. The molecule has 1 aromatic heterocycles. The van der Waals surface area contributed by atoms with Crippen molar-refractivity contribution in [3.8, 4) is 0 Å². The minimum atomic E-state index is 1.06. The summed E-state index contributed by atoms with van der Waals surface area (Å²) < 4.78 is 2.01. The monoisotopic (exact) mass is 228 g/mol. The Morgan fingerprint density at radius 3 is 2.41 bits per heavy atom. The molecule has 0 N–H and O–H groups in total. The van der Waals surface area contributed by atoms with E-state index in [1.807, 2.05) is 17.9 Å². The maximum Gasteiger partial charge on any atom is 0.0946 e. The number of aryl methyl sites for hydroxylation is 4. The summed E-state index contributed by atoms with van der Waals surface area (Å²) in [6.45, 7) is 4.40. The maximum absolute atomic E-state index is 4.35. The molecule has 90 valence electrons. The summed E-state index contributed by atoms with van der Waals surface area (Å²) in [5.74, 6) is 0. The first-order valence-electron chi connectivity index (χ1n) is 6.19. The maximum atomic E-state index is 4.35. The van der Waals surface area contributed by atoms with Crippen LogP contribution < -0.4 is 0 Å². The average molecular weight is 228 g/mol. The predicted molar refractivity (Wildman–Crippen MR) is 71.1 cm³/mol. The summed E-state index contributed by atoms with van der Waals surface area (Å²) in [6, 6.07) is 6.53. The van der Waals surface area contributed by atoms with Gasteiger partial charge in [0.2, 0.25) is 0 Å². The second-order valence-corrected chi connectivity index (χ2v) is 4.75. The molecule has 1 heterocycles. The lowest BCUT2D eigenvalue weighted by molar-refractivity contribution is 0.794. The fourth-order valence-electron chi connectivity index (χ4n) is 2.29. The molecule has 0 aliphatic heterocycles. The number of rotatable bonds is 4. The molecule has 0 amide bonds. The van der Waals surface area contributed by atoms with Gasteiger partial charge in [-0.2, -0.15) is 0 Å². The van der Waals surface area contributed by atoms with E-state index in [1.165, 1.54) is 28.8 Å². The van der Waals surface area contributed by atoms with Crippen molar-refractivity contribution in [2.75, 3.05) is 0 Å². The van der Waals surface area contributed by atoms with Crippen molar-refractivity contribution in [1.29, 1.82) is 0 Å². The number of aromatic nitrogens is 2. The molecule has 0 unspecified atom stereocenters. The Balaban J connectivity index is 1.94. The zero-order chi connectivity index (χ0) is 12.3. The Hall–Kier alpha value is -1.57. The zero-order valence-corrected chi connectivity index (χ0v) is 10.9. The van der Waals surface area contributed by atoms with E-state index in [9.17, 15) is 0 Å². The highest BCUT2D eigenvalue weighted by Gasteiger charge is 2.03. The number of nitrogens with zero attached hydrogens (tertiary/aromatic N) is 2. The van der Waals surface area contributed by atoms with E-state index < -0.39 is 0 Å². The van der Waals surface area contributed by atoms with Gasteiger partial charge in [-0.1, -0.05) is 18.2 Å². The van der Waals surface area contributed by atoms with Crippen LogP contribution in [0.5, 0.6) is 0 Å². The second kappa shape index (κ2) is 5.17. The molecule has 0 saturated heterocycles. The molecule has 2 aromatic rings. The van der Waals surface area contributed by atoms with E-state index in [0.29, 0.717) is 0 Å². The van der Waals surface area contributed by atoms with E-state index in [4.69, 9.17) is 0 Å². The van der Waals surface area contributed by atoms with E-state index in [2.05, 4.69) is 43.2 Å². The third kappa shape index (κ3) is 2.96. The Bertz CT molecular complexity index is 477. The SMILES string of the molecule is Cc1cccc(C)c1CCCc1cn(C)cn1. The van der Waals surface area contributed by atoms with Gasteiger partial charge in [0, 0.05) is 13.2 Å². The van der Waals surface area contributed by atoms with Crippen LogP contribution in [-0.4, -0.2) is 9.55 Å². The fourth-order valence-corrected chi connectivity index (χ4v) is 2.29. The molecular weight excluding hydrogens is 208 g/mol. The van der Waals surface area contributed by atoms with Crippen molar-refractivity contribution < 1.29 is 0 Å². The molecular formula is C15H20N2. The predicted octanol–water partition coefficient (Wildman–Crippen LogP) is 3.21. The van der Waals surface area contributed by atoms with Crippen LogP contribution in [0.1, 0.15) is 28.8 Å². The van der Waals surface area contributed by atoms with Gasteiger partial charge in [-0.15, -0.1) is 0 Å². The minimum Gasteiger partial charge on any atom is -0.340 e. The lowest BCUT2D eigenvalue weighted by Crippen LogP contribution is -1.96. The van der Waals surface area contributed by atoms with Gasteiger partial charge in [0.1, 0.15) is 0 Å². The van der Waals surface area contributed by atoms with Gasteiger partial charge in [0.25, 0.3) is 0 Å². The standard InChI is InChI=1S/C15H20N2/c1-12-6-4-7-13(2)15(12)9-5-8-14-10-17(3)11-16-14/h4,6-7,10-11H,5,8-9H2,1-3H3. The van der Waals surface area contributed by atoms with Crippen LogP contribution in [0.4, 0.5) is 0 Å². The quantitative estimate of drug-likeness (QED) is 0.785. The van der Waals surface area contributed by atoms with Crippen LogP contribution in [0.3, 0.4) is 0 Å². The Labute approximate surface area is 103 Å². The van der Waals surface area contributed by atoms with Crippen molar-refractivity contribution in [2.45, 2.75) is 33.1 Å². The number of hydrogen-bond acceptors (Lipinski definition) is 1. The first-order valence-corrected chi connectivity index (χ1v) is 6.19. The summed E-state index contributed by atoms with van der Waals surface area (Å²) in [6.07, 6.45) is 7.35. The molecule has 0 radical (unpaired) electrons. The average Bonchev–Trinajstić information content (AvgIpc) is 2.69. The highest BCUT2D eigenvalue weighted by molar-refractivity contribution is 5.33. The van der Waals surface area contributed by atoms with Gasteiger partial charge in [-0.3, -0.25) is 0 Å². The number of imidazole rings is 1. The first-order chi connectivity index (χ1) is 8.16. The fraction of sp³-hybridized carbons (Fsp3) is 0.400. The third-order valence-electron chi connectivity index (χ3n) is 3.26. The van der Waals surface area contributed by atoms with Crippen LogP contribution in [0.15, 0.2) is 30.7 Å². The van der Waals surface area contributed by atoms with Crippen molar-refractivity contribution in [2.24, 2.45) is 7.05 Å². The van der Waals surface area contributed by atoms with Gasteiger partial charge in [-0.25, -0.2) is 4.98 Å². The van der Waals surface area contributed by atoms with E-state index in [0.717, 1.165) is 12.8 Å². The van der Waals surface area contributed by atoms with Crippen LogP contribution in [0.2, 0.25) is 0 Å². The molecule has 1 aromatic carbocycles. The number of hydrogen-bond donors (Lipinski definition) is 0. The molecule has 0 bridgehead atoms. The van der Waals surface area contributed by atoms with Crippen LogP contribution in [0.25, 0.3) is 0 Å². The molecule has 17 heavy (non-hydrogen) atoms. The van der Waals surface area contributed by atoms with E-state index in [-0.39, 0.29) is 0 Å². The molecule has 2 rings (SSSR count). The molecule has 0 fully saturated rings. The lowest BCUT2D eigenvalue weighted by atomic mass is 9.97. The molecule has 2 nitrogen and oxygen atoms in total.